The Kier molecular flexibility index (Phi) is 6.21. The van der Waals surface area contributed by atoms with Gasteiger partial charge in [0.05, 0.1) is 5.56 Å². The van der Waals surface area contributed by atoms with Crippen molar-refractivity contribution in [3.05, 3.63) is 23.6 Å². The van der Waals surface area contributed by atoms with Gasteiger partial charge in [0.1, 0.15) is 0 Å². The van der Waals surface area contributed by atoms with Crippen LogP contribution in [0.5, 0.6) is 0 Å². The van der Waals surface area contributed by atoms with E-state index in [1.54, 1.807) is 0 Å². The standard InChI is InChI=1S/C13H21FN4O/c1-4-15-12-11(14)10(6-7-16-12)13(19)17-8-9-18(3)5-2/h6-7H,4-5,8-9H2,1-3H3,(H,15,16)(H,17,19). The van der Waals surface area contributed by atoms with Crippen LogP contribution >= 0.6 is 0 Å². The molecular formula is C13H21FN4O. The number of nitrogens with zero attached hydrogens (tertiary/aromatic N) is 2. The van der Waals surface area contributed by atoms with Crippen LogP contribution in [0.3, 0.4) is 0 Å². The van der Waals surface area contributed by atoms with Crippen molar-refractivity contribution in [1.29, 1.82) is 0 Å². The van der Waals surface area contributed by atoms with Gasteiger partial charge in [-0.15, -0.1) is 0 Å². The van der Waals surface area contributed by atoms with E-state index in [-0.39, 0.29) is 11.4 Å². The molecule has 0 saturated heterocycles. The maximum atomic E-state index is 14.0. The Morgan fingerprint density at radius 1 is 1.47 bits per heavy atom. The number of pyridine rings is 1. The van der Waals surface area contributed by atoms with E-state index in [1.165, 1.54) is 12.3 Å². The first-order chi connectivity index (χ1) is 9.10. The minimum absolute atomic E-state index is 0.0186. The van der Waals surface area contributed by atoms with Crippen LogP contribution in [0.4, 0.5) is 10.2 Å². The number of nitrogens with one attached hydrogen (secondary N) is 2. The lowest BCUT2D eigenvalue weighted by Gasteiger charge is -2.14. The van der Waals surface area contributed by atoms with E-state index >= 15 is 0 Å². The lowest BCUT2D eigenvalue weighted by atomic mass is 10.2. The second-order valence-electron chi connectivity index (χ2n) is 4.20. The highest BCUT2D eigenvalue weighted by atomic mass is 19.1. The molecule has 19 heavy (non-hydrogen) atoms. The van der Waals surface area contributed by atoms with Crippen LogP contribution in [0, 0.1) is 5.82 Å². The van der Waals surface area contributed by atoms with Gasteiger partial charge in [0, 0.05) is 25.8 Å². The summed E-state index contributed by atoms with van der Waals surface area (Å²) < 4.78 is 14.0. The first-order valence-corrected chi connectivity index (χ1v) is 6.45. The highest BCUT2D eigenvalue weighted by Gasteiger charge is 2.15. The molecule has 0 aliphatic heterocycles. The zero-order valence-electron chi connectivity index (χ0n) is 11.7. The summed E-state index contributed by atoms with van der Waals surface area (Å²) in [6.45, 7) is 6.55. The number of likely N-dealkylation sites (N-methyl/N-ethyl adjacent to an activating group) is 1. The van der Waals surface area contributed by atoms with Crippen LogP contribution in [0.15, 0.2) is 12.3 Å². The lowest BCUT2D eigenvalue weighted by molar-refractivity contribution is 0.0946. The summed E-state index contributed by atoms with van der Waals surface area (Å²) in [4.78, 5) is 17.8. The fourth-order valence-corrected chi connectivity index (χ4v) is 1.52. The number of carbonyl (C=O) groups is 1. The Balaban J connectivity index is 2.64. The molecule has 1 rings (SSSR count). The molecule has 0 atom stereocenters. The van der Waals surface area contributed by atoms with Crippen LogP contribution in [-0.4, -0.2) is 49.0 Å². The van der Waals surface area contributed by atoms with E-state index in [0.717, 1.165) is 13.1 Å². The molecule has 6 heteroatoms. The quantitative estimate of drug-likeness (QED) is 0.783. The SMILES string of the molecule is CCNc1nccc(C(=O)NCCN(C)CC)c1F. The third-order valence-corrected chi connectivity index (χ3v) is 2.80. The second-order valence-corrected chi connectivity index (χ2v) is 4.20. The van der Waals surface area contributed by atoms with Crippen molar-refractivity contribution in [3.63, 3.8) is 0 Å². The van der Waals surface area contributed by atoms with Gasteiger partial charge >= 0.3 is 0 Å². The van der Waals surface area contributed by atoms with Gasteiger partial charge in [-0.3, -0.25) is 4.79 Å². The number of amides is 1. The van der Waals surface area contributed by atoms with E-state index < -0.39 is 11.7 Å². The summed E-state index contributed by atoms with van der Waals surface area (Å²) in [6, 6.07) is 1.38. The summed E-state index contributed by atoms with van der Waals surface area (Å²) in [5.74, 6) is -0.907. The molecule has 0 aliphatic carbocycles. The van der Waals surface area contributed by atoms with Gasteiger partial charge in [-0.2, -0.15) is 0 Å². The Bertz CT molecular complexity index is 425. The van der Waals surface area contributed by atoms with Crippen molar-refractivity contribution >= 4 is 11.7 Å². The van der Waals surface area contributed by atoms with E-state index in [0.29, 0.717) is 13.1 Å². The molecule has 1 aromatic heterocycles. The molecular weight excluding hydrogens is 247 g/mol. The molecule has 0 saturated carbocycles. The molecule has 0 aliphatic rings. The molecule has 0 fully saturated rings. The van der Waals surface area contributed by atoms with Gasteiger partial charge in [-0.25, -0.2) is 9.37 Å². The lowest BCUT2D eigenvalue weighted by Crippen LogP contribution is -2.33. The number of carbonyl (C=O) groups excluding carboxylic acids is 1. The third-order valence-electron chi connectivity index (χ3n) is 2.80. The number of hydrogen-bond donors (Lipinski definition) is 2. The molecule has 0 radical (unpaired) electrons. The summed E-state index contributed by atoms with van der Waals surface area (Å²) in [5, 5.41) is 5.48. The van der Waals surface area contributed by atoms with Crippen LogP contribution in [0.1, 0.15) is 24.2 Å². The Labute approximate surface area is 113 Å². The van der Waals surface area contributed by atoms with Gasteiger partial charge in [-0.1, -0.05) is 6.92 Å². The maximum absolute atomic E-state index is 14.0. The minimum Gasteiger partial charge on any atom is -0.368 e. The van der Waals surface area contributed by atoms with Gasteiger partial charge in [0.25, 0.3) is 5.91 Å². The zero-order valence-corrected chi connectivity index (χ0v) is 11.7. The monoisotopic (exact) mass is 268 g/mol. The average molecular weight is 268 g/mol. The predicted molar refractivity (Wildman–Crippen MR) is 73.9 cm³/mol. The number of halogens is 1. The highest BCUT2D eigenvalue weighted by Crippen LogP contribution is 2.14. The van der Waals surface area contributed by atoms with Crippen molar-refractivity contribution in [3.8, 4) is 0 Å². The smallest absolute Gasteiger partial charge is 0.254 e. The predicted octanol–water partition coefficient (Wildman–Crippen LogP) is 1.33. The van der Waals surface area contributed by atoms with Crippen molar-refractivity contribution in [2.24, 2.45) is 0 Å². The van der Waals surface area contributed by atoms with Crippen molar-refractivity contribution < 1.29 is 9.18 Å². The number of rotatable bonds is 7. The first kappa shape index (κ1) is 15.4. The Hall–Kier alpha value is -1.69. The topological polar surface area (TPSA) is 57.3 Å². The first-order valence-electron chi connectivity index (χ1n) is 6.45. The molecule has 106 valence electrons. The van der Waals surface area contributed by atoms with Crippen molar-refractivity contribution in [2.75, 3.05) is 38.5 Å². The molecule has 0 aromatic carbocycles. The van der Waals surface area contributed by atoms with Crippen molar-refractivity contribution in [1.82, 2.24) is 15.2 Å². The summed E-state index contributed by atoms with van der Waals surface area (Å²) >= 11 is 0. The normalized spacial score (nSPS) is 10.6. The molecule has 2 N–H and O–H groups in total. The van der Waals surface area contributed by atoms with E-state index in [4.69, 9.17) is 0 Å². The summed E-state index contributed by atoms with van der Waals surface area (Å²) in [6.07, 6.45) is 1.42. The van der Waals surface area contributed by atoms with E-state index in [2.05, 4.69) is 20.5 Å². The van der Waals surface area contributed by atoms with Crippen LogP contribution < -0.4 is 10.6 Å². The number of aromatic nitrogens is 1. The fraction of sp³-hybridized carbons (Fsp3) is 0.538. The zero-order chi connectivity index (χ0) is 14.3. The summed E-state index contributed by atoms with van der Waals surface area (Å²) in [7, 11) is 1.96. The van der Waals surface area contributed by atoms with Crippen LogP contribution in [-0.2, 0) is 0 Å². The average Bonchev–Trinajstić information content (AvgIpc) is 2.41. The molecule has 0 unspecified atom stereocenters. The van der Waals surface area contributed by atoms with E-state index in [9.17, 15) is 9.18 Å². The molecule has 1 amide bonds. The molecule has 5 nitrogen and oxygen atoms in total. The van der Waals surface area contributed by atoms with Gasteiger partial charge in [0.15, 0.2) is 11.6 Å². The van der Waals surface area contributed by atoms with Gasteiger partial charge in [-0.05, 0) is 26.6 Å². The third kappa shape index (κ3) is 4.48. The number of hydrogen-bond acceptors (Lipinski definition) is 4. The van der Waals surface area contributed by atoms with Crippen LogP contribution in [0.25, 0.3) is 0 Å². The van der Waals surface area contributed by atoms with Gasteiger partial charge < -0.3 is 15.5 Å². The van der Waals surface area contributed by atoms with Crippen LogP contribution in [0.2, 0.25) is 0 Å². The fourth-order valence-electron chi connectivity index (χ4n) is 1.52. The molecule has 0 spiro atoms. The summed E-state index contributed by atoms with van der Waals surface area (Å²) in [5.41, 5.74) is 0.0186. The Morgan fingerprint density at radius 2 is 2.21 bits per heavy atom. The number of anilines is 1. The molecule has 1 aromatic rings. The molecule has 0 bridgehead atoms. The van der Waals surface area contributed by atoms with Crippen molar-refractivity contribution in [2.45, 2.75) is 13.8 Å². The van der Waals surface area contributed by atoms with E-state index in [1.807, 2.05) is 20.9 Å². The minimum atomic E-state index is -0.606. The second kappa shape index (κ2) is 7.68. The highest BCUT2D eigenvalue weighted by molar-refractivity contribution is 5.95. The van der Waals surface area contributed by atoms with Gasteiger partial charge in [0.2, 0.25) is 0 Å². The molecule has 1 heterocycles. The largest absolute Gasteiger partial charge is 0.368 e. The maximum Gasteiger partial charge on any atom is 0.254 e. The Morgan fingerprint density at radius 3 is 2.84 bits per heavy atom.